The molecule has 164 valence electrons. The minimum Gasteiger partial charge on any atom is -1.00 e. The lowest BCUT2D eigenvalue weighted by Crippen LogP contribution is -3.00. The summed E-state index contributed by atoms with van der Waals surface area (Å²) in [5.41, 5.74) is 1.82. The van der Waals surface area contributed by atoms with E-state index in [9.17, 15) is 0 Å². The Morgan fingerprint density at radius 2 is 1.87 bits per heavy atom. The van der Waals surface area contributed by atoms with Crippen LogP contribution in [0.15, 0.2) is 42.5 Å². The van der Waals surface area contributed by atoms with Gasteiger partial charge in [-0.3, -0.25) is 0 Å². The zero-order valence-corrected chi connectivity index (χ0v) is 19.8. The fourth-order valence-corrected chi connectivity index (χ4v) is 6.92. The van der Waals surface area contributed by atoms with Crippen molar-refractivity contribution in [1.82, 2.24) is 0 Å². The molecule has 5 atom stereocenters. The molecule has 3 fully saturated rings. The van der Waals surface area contributed by atoms with E-state index < -0.39 is 0 Å². The monoisotopic (exact) mass is 475 g/mol. The van der Waals surface area contributed by atoms with Crippen molar-refractivity contribution in [2.45, 2.75) is 44.4 Å². The van der Waals surface area contributed by atoms with Crippen molar-refractivity contribution in [3.8, 4) is 0 Å². The summed E-state index contributed by atoms with van der Waals surface area (Å²) < 4.78 is 18.2. The lowest BCUT2D eigenvalue weighted by molar-refractivity contribution is -0.966. The van der Waals surface area contributed by atoms with Crippen LogP contribution in [0.25, 0.3) is 10.8 Å². The van der Waals surface area contributed by atoms with Gasteiger partial charge in [-0.15, -0.1) is 0 Å². The highest BCUT2D eigenvalue weighted by molar-refractivity contribution is 5.82. The molecule has 2 aliphatic heterocycles. The molecular formula is C25H34BrNO3. The first-order valence-corrected chi connectivity index (χ1v) is 11.2. The molecule has 1 saturated carbocycles. The Bertz CT molecular complexity index is 876. The van der Waals surface area contributed by atoms with E-state index in [0.717, 1.165) is 19.0 Å². The van der Waals surface area contributed by atoms with E-state index >= 15 is 0 Å². The molecule has 5 rings (SSSR count). The lowest BCUT2D eigenvalue weighted by Gasteiger charge is -2.44. The van der Waals surface area contributed by atoms with Crippen LogP contribution in [0.3, 0.4) is 0 Å². The third kappa shape index (κ3) is 3.53. The maximum absolute atomic E-state index is 6.32. The number of ether oxygens (including phenoxy) is 3. The number of benzene rings is 2. The summed E-state index contributed by atoms with van der Waals surface area (Å²) in [6, 6.07) is 15.7. The van der Waals surface area contributed by atoms with Crippen LogP contribution in [0.4, 0.5) is 0 Å². The van der Waals surface area contributed by atoms with Crippen LogP contribution in [-0.2, 0) is 20.8 Å². The molecule has 4 nitrogen and oxygen atoms in total. The van der Waals surface area contributed by atoms with Crippen molar-refractivity contribution in [3.63, 3.8) is 0 Å². The smallest absolute Gasteiger partial charge is 0.147 e. The average Bonchev–Trinajstić information content (AvgIpc) is 3.30. The van der Waals surface area contributed by atoms with Crippen molar-refractivity contribution < 1.29 is 35.7 Å². The second-order valence-corrected chi connectivity index (χ2v) is 9.51. The summed E-state index contributed by atoms with van der Waals surface area (Å²) in [5.74, 6) is 1.50. The number of halogens is 1. The molecule has 0 radical (unpaired) electrons. The lowest BCUT2D eigenvalue weighted by atomic mass is 9.83. The zero-order chi connectivity index (χ0) is 19.9. The molecule has 2 aromatic carbocycles. The van der Waals surface area contributed by atoms with Gasteiger partial charge in [0, 0.05) is 30.9 Å². The highest BCUT2D eigenvalue weighted by Gasteiger charge is 2.71. The van der Waals surface area contributed by atoms with E-state index in [2.05, 4.69) is 49.4 Å². The largest absolute Gasteiger partial charge is 1.00 e. The standard InChI is InChI=1S/C25H34NO3.BrH/c1-25-22-9-10-23(25)24(29-18-28-14-13-27-2)17-26(25,12-11-22)16-19-7-8-20-5-3-4-6-21(20)15-19;/h3-8,15,22-24H,9-14,16-18H2,1-2H3;1H/q+1;/p-1/t22-,23+,24+,25+,26+;/m0./s1. The summed E-state index contributed by atoms with van der Waals surface area (Å²) in [6.45, 7) is 7.72. The van der Waals surface area contributed by atoms with Gasteiger partial charge in [0.1, 0.15) is 31.5 Å². The molecule has 3 aliphatic rings. The van der Waals surface area contributed by atoms with E-state index in [1.54, 1.807) is 7.11 Å². The Kier molecular flexibility index (Phi) is 6.57. The maximum Gasteiger partial charge on any atom is 0.147 e. The molecule has 0 unspecified atom stereocenters. The van der Waals surface area contributed by atoms with Gasteiger partial charge in [-0.2, -0.15) is 0 Å². The van der Waals surface area contributed by atoms with E-state index in [-0.39, 0.29) is 17.0 Å². The van der Waals surface area contributed by atoms with Crippen molar-refractivity contribution in [3.05, 3.63) is 48.0 Å². The molecule has 1 aliphatic carbocycles. The van der Waals surface area contributed by atoms with E-state index in [1.165, 1.54) is 46.6 Å². The number of hydrogen-bond donors (Lipinski definition) is 0. The molecule has 2 aromatic rings. The molecule has 0 N–H and O–H groups in total. The highest BCUT2D eigenvalue weighted by Crippen LogP contribution is 2.61. The van der Waals surface area contributed by atoms with Gasteiger partial charge in [-0.1, -0.05) is 36.4 Å². The fourth-order valence-electron chi connectivity index (χ4n) is 6.92. The Labute approximate surface area is 190 Å². The normalized spacial score (nSPS) is 34.3. The molecule has 0 spiro atoms. The fraction of sp³-hybridized carbons (Fsp3) is 0.600. The molecule has 0 amide bonds. The first-order valence-electron chi connectivity index (χ1n) is 11.2. The third-order valence-electron chi connectivity index (χ3n) is 8.41. The quantitative estimate of drug-likeness (QED) is 0.327. The van der Waals surface area contributed by atoms with Crippen LogP contribution in [0.5, 0.6) is 0 Å². The summed E-state index contributed by atoms with van der Waals surface area (Å²) in [5, 5.41) is 2.68. The van der Waals surface area contributed by atoms with Crippen LogP contribution in [0.2, 0.25) is 0 Å². The SMILES string of the molecule is COCCOCO[C@@H]1C[N@+]2(Cc3ccc4ccccc4c3)CC[C@@H]3CC[C@H]1[C@@]32C.[Br-]. The molecule has 2 saturated heterocycles. The topological polar surface area (TPSA) is 27.7 Å². The Morgan fingerprint density at radius 1 is 1.03 bits per heavy atom. The van der Waals surface area contributed by atoms with Gasteiger partial charge >= 0.3 is 0 Å². The molecular weight excluding hydrogens is 442 g/mol. The van der Waals surface area contributed by atoms with Crippen molar-refractivity contribution in [2.75, 3.05) is 40.2 Å². The zero-order valence-electron chi connectivity index (χ0n) is 18.2. The van der Waals surface area contributed by atoms with Crippen LogP contribution in [0.1, 0.15) is 31.7 Å². The molecule has 30 heavy (non-hydrogen) atoms. The Hall–Kier alpha value is -0.980. The number of rotatable bonds is 8. The van der Waals surface area contributed by atoms with Gasteiger partial charge in [0.2, 0.25) is 0 Å². The number of nitrogens with zero attached hydrogens (tertiary/aromatic N) is 1. The second-order valence-electron chi connectivity index (χ2n) is 9.51. The van der Waals surface area contributed by atoms with Crippen molar-refractivity contribution >= 4 is 10.8 Å². The first kappa shape index (κ1) is 22.2. The van der Waals surface area contributed by atoms with Gasteiger partial charge in [0.15, 0.2) is 0 Å². The number of quaternary nitrogens is 1. The van der Waals surface area contributed by atoms with Gasteiger partial charge in [-0.25, -0.2) is 0 Å². The summed E-state index contributed by atoms with van der Waals surface area (Å²) in [7, 11) is 1.70. The average molecular weight is 476 g/mol. The third-order valence-corrected chi connectivity index (χ3v) is 8.41. The van der Waals surface area contributed by atoms with E-state index in [4.69, 9.17) is 14.2 Å². The predicted octanol–water partition coefficient (Wildman–Crippen LogP) is 1.37. The Balaban J connectivity index is 0.00000218. The maximum atomic E-state index is 6.32. The number of hydrogen-bond acceptors (Lipinski definition) is 3. The highest BCUT2D eigenvalue weighted by atomic mass is 79.9. The van der Waals surface area contributed by atoms with Crippen molar-refractivity contribution in [2.24, 2.45) is 11.8 Å². The predicted molar refractivity (Wildman–Crippen MR) is 114 cm³/mol. The number of fused-ring (bicyclic) bond motifs is 1. The first-order chi connectivity index (χ1) is 14.2. The molecule has 2 heterocycles. The molecule has 0 bridgehead atoms. The van der Waals surface area contributed by atoms with Crippen molar-refractivity contribution in [1.29, 1.82) is 0 Å². The minimum atomic E-state index is 0. The summed E-state index contributed by atoms with van der Waals surface area (Å²) >= 11 is 0. The van der Waals surface area contributed by atoms with Gasteiger partial charge in [-0.05, 0) is 36.6 Å². The van der Waals surface area contributed by atoms with E-state index in [0.29, 0.717) is 37.6 Å². The van der Waals surface area contributed by atoms with Gasteiger partial charge in [0.25, 0.3) is 0 Å². The molecule has 5 heteroatoms. The van der Waals surface area contributed by atoms with Gasteiger partial charge in [0.05, 0.1) is 19.8 Å². The molecule has 0 aromatic heterocycles. The Morgan fingerprint density at radius 3 is 2.70 bits per heavy atom. The summed E-state index contributed by atoms with van der Waals surface area (Å²) in [6.07, 6.45) is 4.36. The summed E-state index contributed by atoms with van der Waals surface area (Å²) in [4.78, 5) is 0. The van der Waals surface area contributed by atoms with Gasteiger partial charge < -0.3 is 35.7 Å². The number of methoxy groups -OCH3 is 1. The van der Waals surface area contributed by atoms with Crippen LogP contribution in [-0.4, -0.2) is 56.3 Å². The van der Waals surface area contributed by atoms with E-state index in [1.807, 2.05) is 0 Å². The van der Waals surface area contributed by atoms with Crippen LogP contribution in [0, 0.1) is 11.8 Å². The van der Waals surface area contributed by atoms with Crippen LogP contribution >= 0.6 is 0 Å². The van der Waals surface area contributed by atoms with Crippen LogP contribution < -0.4 is 17.0 Å². The second kappa shape index (κ2) is 8.87. The minimum absolute atomic E-state index is 0.